The van der Waals surface area contributed by atoms with Crippen molar-refractivity contribution in [1.82, 2.24) is 9.97 Å². The Bertz CT molecular complexity index is 1150. The third-order valence-corrected chi connectivity index (χ3v) is 5.11. The third-order valence-electron chi connectivity index (χ3n) is 5.11. The van der Waals surface area contributed by atoms with Crippen molar-refractivity contribution in [3.05, 3.63) is 83.9 Å². The highest BCUT2D eigenvalue weighted by Gasteiger charge is 2.10. The van der Waals surface area contributed by atoms with E-state index < -0.39 is 0 Å². The van der Waals surface area contributed by atoms with Gasteiger partial charge in [0.15, 0.2) is 0 Å². The zero-order valence-electron chi connectivity index (χ0n) is 18.6. The van der Waals surface area contributed by atoms with Crippen LogP contribution in [0.3, 0.4) is 0 Å². The Hall–Kier alpha value is -4.06. The minimum atomic E-state index is 0.503. The fraction of sp³-hybridized carbons (Fsp3) is 0.154. The molecule has 0 saturated carbocycles. The van der Waals surface area contributed by atoms with E-state index in [2.05, 4.69) is 10.6 Å². The van der Waals surface area contributed by atoms with E-state index in [1.807, 2.05) is 86.6 Å². The number of aryl methyl sites for hydroxylation is 2. The summed E-state index contributed by atoms with van der Waals surface area (Å²) in [6.45, 7) is 4.02. The maximum atomic E-state index is 5.37. The van der Waals surface area contributed by atoms with Crippen molar-refractivity contribution in [1.29, 1.82) is 0 Å². The lowest BCUT2D eigenvalue weighted by Gasteiger charge is -2.13. The predicted molar refractivity (Wildman–Crippen MR) is 129 cm³/mol. The fourth-order valence-corrected chi connectivity index (χ4v) is 3.51. The second-order valence-electron chi connectivity index (χ2n) is 7.45. The Morgan fingerprint density at radius 2 is 1.25 bits per heavy atom. The molecule has 0 bridgehead atoms. The first-order valence-electron chi connectivity index (χ1n) is 10.3. The molecule has 0 radical (unpaired) electrons. The van der Waals surface area contributed by atoms with Gasteiger partial charge in [0.25, 0.3) is 0 Å². The molecule has 0 amide bonds. The van der Waals surface area contributed by atoms with Crippen molar-refractivity contribution < 1.29 is 9.47 Å². The highest BCUT2D eigenvalue weighted by molar-refractivity contribution is 5.69. The van der Waals surface area contributed by atoms with Gasteiger partial charge in [-0.3, -0.25) is 0 Å². The van der Waals surface area contributed by atoms with Crippen LogP contribution in [0.2, 0.25) is 0 Å². The zero-order valence-corrected chi connectivity index (χ0v) is 18.6. The molecule has 0 aliphatic carbocycles. The molecule has 1 aromatic heterocycles. The molecule has 4 aromatic rings. The zero-order chi connectivity index (χ0) is 22.5. The van der Waals surface area contributed by atoms with E-state index in [9.17, 15) is 0 Å². The summed E-state index contributed by atoms with van der Waals surface area (Å²) in [7, 11) is 3.34. The number of hydrogen-bond acceptors (Lipinski definition) is 6. The van der Waals surface area contributed by atoms with Gasteiger partial charge in [-0.1, -0.05) is 30.3 Å². The number of nitrogens with one attached hydrogen (secondary N) is 2. The maximum Gasteiger partial charge on any atom is 0.229 e. The molecule has 0 aliphatic heterocycles. The summed E-state index contributed by atoms with van der Waals surface area (Å²) in [5.74, 6) is 2.88. The van der Waals surface area contributed by atoms with Gasteiger partial charge in [-0.15, -0.1) is 0 Å². The monoisotopic (exact) mass is 426 g/mol. The summed E-state index contributed by atoms with van der Waals surface area (Å²) in [5.41, 5.74) is 5.72. The van der Waals surface area contributed by atoms with Gasteiger partial charge in [-0.25, -0.2) is 4.98 Å². The Morgan fingerprint density at radius 3 is 1.81 bits per heavy atom. The molecule has 32 heavy (non-hydrogen) atoms. The SMILES string of the molecule is COc1ccc(Nc2cc(-c3ccccc3)nc(Nc3ccc(OC)c(C)c3)n2)cc1C. The lowest BCUT2D eigenvalue weighted by molar-refractivity contribution is 0.411. The molecular formula is C26H26N4O2. The van der Waals surface area contributed by atoms with E-state index in [1.54, 1.807) is 14.2 Å². The molecule has 0 unspecified atom stereocenters. The van der Waals surface area contributed by atoms with Gasteiger partial charge in [0.05, 0.1) is 19.9 Å². The van der Waals surface area contributed by atoms with Crippen LogP contribution in [0.4, 0.5) is 23.1 Å². The Labute approximate surface area is 188 Å². The van der Waals surface area contributed by atoms with Crippen molar-refractivity contribution in [3.8, 4) is 22.8 Å². The van der Waals surface area contributed by atoms with Gasteiger partial charge in [0.1, 0.15) is 17.3 Å². The molecule has 0 saturated heterocycles. The van der Waals surface area contributed by atoms with Crippen LogP contribution in [-0.4, -0.2) is 24.2 Å². The summed E-state index contributed by atoms with van der Waals surface area (Å²) < 4.78 is 10.7. The summed E-state index contributed by atoms with van der Waals surface area (Å²) in [6, 6.07) is 23.8. The largest absolute Gasteiger partial charge is 0.496 e. The van der Waals surface area contributed by atoms with Crippen LogP contribution in [0.15, 0.2) is 72.8 Å². The maximum absolute atomic E-state index is 5.37. The van der Waals surface area contributed by atoms with Crippen LogP contribution in [0, 0.1) is 13.8 Å². The number of anilines is 4. The van der Waals surface area contributed by atoms with Crippen LogP contribution < -0.4 is 20.1 Å². The van der Waals surface area contributed by atoms with Crippen LogP contribution in [0.1, 0.15) is 11.1 Å². The van der Waals surface area contributed by atoms with Crippen molar-refractivity contribution in [3.63, 3.8) is 0 Å². The fourth-order valence-electron chi connectivity index (χ4n) is 3.51. The third kappa shape index (κ3) is 4.81. The molecule has 162 valence electrons. The van der Waals surface area contributed by atoms with Crippen LogP contribution in [-0.2, 0) is 0 Å². The number of benzene rings is 3. The molecule has 6 nitrogen and oxygen atoms in total. The highest BCUT2D eigenvalue weighted by Crippen LogP contribution is 2.28. The van der Waals surface area contributed by atoms with E-state index in [0.29, 0.717) is 11.8 Å². The van der Waals surface area contributed by atoms with Crippen molar-refractivity contribution in [2.24, 2.45) is 0 Å². The van der Waals surface area contributed by atoms with Gasteiger partial charge in [-0.2, -0.15) is 4.98 Å². The summed E-state index contributed by atoms with van der Waals surface area (Å²) in [6.07, 6.45) is 0. The number of methoxy groups -OCH3 is 2. The topological polar surface area (TPSA) is 68.3 Å². The lowest BCUT2D eigenvalue weighted by Crippen LogP contribution is -2.03. The summed E-state index contributed by atoms with van der Waals surface area (Å²) in [4.78, 5) is 9.44. The second-order valence-corrected chi connectivity index (χ2v) is 7.45. The number of nitrogens with zero attached hydrogens (tertiary/aromatic N) is 2. The molecule has 2 N–H and O–H groups in total. The van der Waals surface area contributed by atoms with Gasteiger partial charge < -0.3 is 20.1 Å². The van der Waals surface area contributed by atoms with Crippen LogP contribution >= 0.6 is 0 Å². The first kappa shape index (κ1) is 21.2. The molecule has 6 heteroatoms. The Kier molecular flexibility index (Phi) is 6.22. The number of aromatic nitrogens is 2. The average Bonchev–Trinajstić information content (AvgIpc) is 2.80. The van der Waals surface area contributed by atoms with Crippen molar-refractivity contribution >= 4 is 23.1 Å². The lowest BCUT2D eigenvalue weighted by atomic mass is 10.1. The normalized spacial score (nSPS) is 10.5. The average molecular weight is 427 g/mol. The van der Waals surface area contributed by atoms with E-state index in [-0.39, 0.29) is 0 Å². The van der Waals surface area contributed by atoms with Gasteiger partial charge in [-0.05, 0) is 61.4 Å². The number of hydrogen-bond donors (Lipinski definition) is 2. The molecule has 1 heterocycles. The predicted octanol–water partition coefficient (Wildman–Crippen LogP) is 6.26. The van der Waals surface area contributed by atoms with E-state index in [1.165, 1.54) is 0 Å². The van der Waals surface area contributed by atoms with Gasteiger partial charge in [0.2, 0.25) is 5.95 Å². The molecule has 0 fully saturated rings. The minimum absolute atomic E-state index is 0.503. The standard InChI is InChI=1S/C26H26N4O2/c1-17-14-20(10-12-23(17)31-3)27-25-16-22(19-8-6-5-7-9-19)29-26(30-25)28-21-11-13-24(32-4)18(2)15-21/h5-16H,1-4H3,(H2,27,28,29,30). The van der Waals surface area contributed by atoms with Gasteiger partial charge >= 0.3 is 0 Å². The highest BCUT2D eigenvalue weighted by atomic mass is 16.5. The van der Waals surface area contributed by atoms with Crippen LogP contribution in [0.25, 0.3) is 11.3 Å². The van der Waals surface area contributed by atoms with E-state index in [0.717, 1.165) is 45.3 Å². The molecule has 4 rings (SSSR count). The van der Waals surface area contributed by atoms with E-state index in [4.69, 9.17) is 19.4 Å². The Balaban J connectivity index is 1.69. The summed E-state index contributed by atoms with van der Waals surface area (Å²) >= 11 is 0. The number of ether oxygens (including phenoxy) is 2. The molecule has 0 atom stereocenters. The molecule has 0 spiro atoms. The smallest absolute Gasteiger partial charge is 0.229 e. The van der Waals surface area contributed by atoms with Crippen LogP contribution in [0.5, 0.6) is 11.5 Å². The minimum Gasteiger partial charge on any atom is -0.496 e. The Morgan fingerprint density at radius 1 is 0.656 bits per heavy atom. The van der Waals surface area contributed by atoms with Gasteiger partial charge in [0, 0.05) is 23.0 Å². The van der Waals surface area contributed by atoms with Crippen molar-refractivity contribution in [2.45, 2.75) is 13.8 Å². The second kappa shape index (κ2) is 9.39. The molecular weight excluding hydrogens is 400 g/mol. The number of rotatable bonds is 7. The quantitative estimate of drug-likeness (QED) is 0.363. The molecule has 0 aliphatic rings. The molecule has 3 aromatic carbocycles. The van der Waals surface area contributed by atoms with E-state index >= 15 is 0 Å². The summed E-state index contributed by atoms with van der Waals surface area (Å²) in [5, 5.41) is 6.72. The first-order chi connectivity index (χ1) is 15.6. The first-order valence-corrected chi connectivity index (χ1v) is 10.3. The van der Waals surface area contributed by atoms with Crippen molar-refractivity contribution in [2.75, 3.05) is 24.9 Å².